The molecule has 2 aliphatic rings. The highest BCUT2D eigenvalue weighted by Gasteiger charge is 2.47. The first-order chi connectivity index (χ1) is 9.20. The number of para-hydroxylation sites is 1. The van der Waals surface area contributed by atoms with Crippen LogP contribution < -0.4 is 15.4 Å². The highest BCUT2D eigenvalue weighted by Crippen LogP contribution is 2.40. The van der Waals surface area contributed by atoms with Crippen molar-refractivity contribution in [1.82, 2.24) is 10.6 Å². The van der Waals surface area contributed by atoms with Crippen molar-refractivity contribution in [2.24, 2.45) is 5.92 Å². The molecule has 2 N–H and O–H groups in total. The van der Waals surface area contributed by atoms with Gasteiger partial charge in [-0.15, -0.1) is 0 Å². The number of benzene rings is 1. The maximum absolute atomic E-state index is 12.1. The zero-order valence-electron chi connectivity index (χ0n) is 10.4. The summed E-state index contributed by atoms with van der Waals surface area (Å²) in [7, 11) is 0. The third-order valence-corrected chi connectivity index (χ3v) is 3.55. The van der Waals surface area contributed by atoms with Crippen LogP contribution >= 0.6 is 12.2 Å². The number of carbonyl (C=O) groups excluding carboxylic acids is 1. The third kappa shape index (κ3) is 2.02. The van der Waals surface area contributed by atoms with Gasteiger partial charge in [0.25, 0.3) is 0 Å². The van der Waals surface area contributed by atoms with Crippen molar-refractivity contribution in [3.63, 3.8) is 0 Å². The average Bonchev–Trinajstić information content (AvgIpc) is 2.38. The molecule has 0 amide bonds. The molecular weight excluding hydrogens is 264 g/mol. The van der Waals surface area contributed by atoms with Gasteiger partial charge in [-0.2, -0.15) is 0 Å². The molecule has 3 atom stereocenters. The number of esters is 1. The smallest absolute Gasteiger partial charge is 0.317 e. The van der Waals surface area contributed by atoms with Gasteiger partial charge in [0.15, 0.2) is 11.3 Å². The Bertz CT molecular complexity index is 534. The quantitative estimate of drug-likeness (QED) is 0.624. The summed E-state index contributed by atoms with van der Waals surface area (Å²) in [6, 6.07) is 7.43. The van der Waals surface area contributed by atoms with E-state index in [4.69, 9.17) is 21.7 Å². The molecule has 3 unspecified atom stereocenters. The summed E-state index contributed by atoms with van der Waals surface area (Å²) in [5.74, 6) is 0.0385. The Morgan fingerprint density at radius 3 is 3.00 bits per heavy atom. The summed E-state index contributed by atoms with van der Waals surface area (Å²) < 4.78 is 10.9. The van der Waals surface area contributed by atoms with Crippen molar-refractivity contribution in [3.8, 4) is 5.75 Å². The Morgan fingerprint density at radius 2 is 2.21 bits per heavy atom. The zero-order chi connectivity index (χ0) is 13.4. The van der Waals surface area contributed by atoms with E-state index < -0.39 is 12.1 Å². The molecule has 1 fully saturated rings. The van der Waals surface area contributed by atoms with E-state index in [1.165, 1.54) is 0 Å². The molecule has 2 bridgehead atoms. The van der Waals surface area contributed by atoms with Crippen molar-refractivity contribution in [2.45, 2.75) is 19.2 Å². The number of thiocarbonyl (C=S) groups is 1. The second kappa shape index (κ2) is 4.70. The van der Waals surface area contributed by atoms with E-state index in [0.29, 0.717) is 11.7 Å². The fraction of sp³-hybridized carbons (Fsp3) is 0.385. The van der Waals surface area contributed by atoms with E-state index in [1.807, 2.05) is 24.3 Å². The Hall–Kier alpha value is -1.82. The number of hydrogen-bond donors (Lipinski definition) is 2. The molecule has 0 saturated carbocycles. The molecular formula is C13H14N2O3S. The minimum Gasteiger partial charge on any atom is -0.469 e. The lowest BCUT2D eigenvalue weighted by Crippen LogP contribution is -2.62. The number of ether oxygens (including phenoxy) is 2. The summed E-state index contributed by atoms with van der Waals surface area (Å²) in [5.41, 5.74) is 0.931. The van der Waals surface area contributed by atoms with Crippen molar-refractivity contribution < 1.29 is 14.3 Å². The zero-order valence-corrected chi connectivity index (χ0v) is 11.2. The summed E-state index contributed by atoms with van der Waals surface area (Å²) >= 11 is 5.14. The standard InChI is InChI=1S/C13H14N2O3S/c1-2-17-12(16)9-10-7-5-3-4-6-8(7)18-11(9)15-13(19)14-10/h3-6,9-11H,2H2,1H3,(H2,14,15,19). The van der Waals surface area contributed by atoms with Gasteiger partial charge in [0.2, 0.25) is 0 Å². The second-order valence-corrected chi connectivity index (χ2v) is 4.86. The van der Waals surface area contributed by atoms with Crippen LogP contribution in [0.25, 0.3) is 0 Å². The molecule has 0 aromatic heterocycles. The van der Waals surface area contributed by atoms with Crippen LogP contribution in [-0.4, -0.2) is 23.9 Å². The monoisotopic (exact) mass is 278 g/mol. The number of rotatable bonds is 2. The Kier molecular flexibility index (Phi) is 3.02. The summed E-state index contributed by atoms with van der Waals surface area (Å²) in [5, 5.41) is 6.60. The average molecular weight is 278 g/mol. The van der Waals surface area contributed by atoms with Crippen LogP contribution in [0.4, 0.5) is 0 Å². The van der Waals surface area contributed by atoms with E-state index in [1.54, 1.807) is 6.92 Å². The first-order valence-electron chi connectivity index (χ1n) is 6.20. The van der Waals surface area contributed by atoms with Gasteiger partial charge in [-0.25, -0.2) is 0 Å². The van der Waals surface area contributed by atoms with Crippen LogP contribution in [-0.2, 0) is 9.53 Å². The van der Waals surface area contributed by atoms with Gasteiger partial charge in [0.05, 0.1) is 12.6 Å². The fourth-order valence-electron chi connectivity index (χ4n) is 2.52. The van der Waals surface area contributed by atoms with Gasteiger partial charge < -0.3 is 20.1 Å². The third-order valence-electron chi connectivity index (χ3n) is 3.31. The minimum absolute atomic E-state index is 0.206. The molecule has 100 valence electrons. The van der Waals surface area contributed by atoms with E-state index in [9.17, 15) is 4.79 Å². The maximum Gasteiger partial charge on any atom is 0.317 e. The van der Waals surface area contributed by atoms with Crippen LogP contribution in [0.15, 0.2) is 24.3 Å². The molecule has 0 radical (unpaired) electrons. The minimum atomic E-state index is -0.479. The van der Waals surface area contributed by atoms with Crippen LogP contribution in [0.3, 0.4) is 0 Å². The molecule has 3 rings (SSSR count). The normalized spacial score (nSPS) is 27.4. The Balaban J connectivity index is 2.00. The van der Waals surface area contributed by atoms with Gasteiger partial charge in [0.1, 0.15) is 11.7 Å². The predicted molar refractivity (Wildman–Crippen MR) is 72.6 cm³/mol. The number of fused-ring (bicyclic) bond motifs is 4. The lowest BCUT2D eigenvalue weighted by molar-refractivity contribution is -0.154. The Morgan fingerprint density at radius 1 is 1.42 bits per heavy atom. The van der Waals surface area contributed by atoms with Gasteiger partial charge in [0, 0.05) is 5.56 Å². The largest absolute Gasteiger partial charge is 0.469 e. The highest BCUT2D eigenvalue weighted by molar-refractivity contribution is 7.80. The molecule has 1 aromatic rings. The van der Waals surface area contributed by atoms with Crippen molar-refractivity contribution in [1.29, 1.82) is 0 Å². The first kappa shape index (κ1) is 12.2. The predicted octanol–water partition coefficient (Wildman–Crippen LogP) is 1.10. The lowest BCUT2D eigenvalue weighted by atomic mass is 9.87. The molecule has 5 nitrogen and oxygen atoms in total. The molecule has 0 aliphatic carbocycles. The lowest BCUT2D eigenvalue weighted by Gasteiger charge is -2.43. The fourth-order valence-corrected chi connectivity index (χ4v) is 2.76. The number of carbonyl (C=O) groups is 1. The topological polar surface area (TPSA) is 59.6 Å². The summed E-state index contributed by atoms with van der Waals surface area (Å²) in [6.45, 7) is 2.14. The molecule has 6 heteroatoms. The molecule has 2 aliphatic heterocycles. The molecule has 1 saturated heterocycles. The van der Waals surface area contributed by atoms with Crippen LogP contribution in [0.2, 0.25) is 0 Å². The van der Waals surface area contributed by atoms with Crippen LogP contribution in [0, 0.1) is 5.92 Å². The molecule has 0 spiro atoms. The number of hydrogen-bond acceptors (Lipinski definition) is 4. The van der Waals surface area contributed by atoms with E-state index in [0.717, 1.165) is 11.3 Å². The van der Waals surface area contributed by atoms with Crippen molar-refractivity contribution in [3.05, 3.63) is 29.8 Å². The second-order valence-electron chi connectivity index (χ2n) is 4.45. The maximum atomic E-state index is 12.1. The summed E-state index contributed by atoms with van der Waals surface area (Å²) in [4.78, 5) is 12.1. The molecule has 1 aromatic carbocycles. The SMILES string of the molecule is CCOC(=O)C1C2NC(=S)NC1c1ccccc1O2. The van der Waals surface area contributed by atoms with Crippen molar-refractivity contribution in [2.75, 3.05) is 6.61 Å². The highest BCUT2D eigenvalue weighted by atomic mass is 32.1. The Labute approximate surface area is 116 Å². The van der Waals surface area contributed by atoms with Gasteiger partial charge >= 0.3 is 5.97 Å². The molecule has 19 heavy (non-hydrogen) atoms. The number of nitrogens with one attached hydrogen (secondary N) is 2. The summed E-state index contributed by atoms with van der Waals surface area (Å²) in [6.07, 6.45) is -0.479. The van der Waals surface area contributed by atoms with Crippen LogP contribution in [0.5, 0.6) is 5.75 Å². The van der Waals surface area contributed by atoms with Gasteiger partial charge in [-0.05, 0) is 25.2 Å². The van der Waals surface area contributed by atoms with Gasteiger partial charge in [-0.1, -0.05) is 18.2 Å². The van der Waals surface area contributed by atoms with Crippen LogP contribution in [0.1, 0.15) is 18.5 Å². The van der Waals surface area contributed by atoms with Gasteiger partial charge in [-0.3, -0.25) is 4.79 Å². The molecule has 2 heterocycles. The van der Waals surface area contributed by atoms with E-state index in [2.05, 4.69) is 10.6 Å². The van der Waals surface area contributed by atoms with Crippen molar-refractivity contribution >= 4 is 23.3 Å². The first-order valence-corrected chi connectivity index (χ1v) is 6.60. The van der Waals surface area contributed by atoms with E-state index in [-0.39, 0.29) is 12.0 Å². The van der Waals surface area contributed by atoms with E-state index >= 15 is 0 Å².